The van der Waals surface area contributed by atoms with E-state index in [1.807, 2.05) is 30.9 Å². The smallest absolute Gasteiger partial charge is 0.253 e. The third-order valence-corrected chi connectivity index (χ3v) is 4.73. The maximum atomic E-state index is 12.8. The zero-order valence-corrected chi connectivity index (χ0v) is 14.2. The third-order valence-electron chi connectivity index (χ3n) is 4.73. The van der Waals surface area contributed by atoms with E-state index in [1.165, 1.54) is 5.56 Å². The molecule has 1 aromatic carbocycles. The van der Waals surface area contributed by atoms with Gasteiger partial charge in [-0.2, -0.15) is 0 Å². The van der Waals surface area contributed by atoms with Crippen molar-refractivity contribution in [2.75, 3.05) is 13.1 Å². The summed E-state index contributed by atoms with van der Waals surface area (Å²) in [6.07, 6.45) is 4.71. The summed E-state index contributed by atoms with van der Waals surface area (Å²) < 4.78 is 0. The summed E-state index contributed by atoms with van der Waals surface area (Å²) in [4.78, 5) is 31.0. The maximum Gasteiger partial charge on any atom is 0.253 e. The predicted molar refractivity (Wildman–Crippen MR) is 93.1 cm³/mol. The van der Waals surface area contributed by atoms with Crippen molar-refractivity contribution in [2.24, 2.45) is 5.92 Å². The number of pyridine rings is 1. The van der Waals surface area contributed by atoms with E-state index in [-0.39, 0.29) is 17.6 Å². The maximum absolute atomic E-state index is 12.8. The molecule has 1 fully saturated rings. The highest BCUT2D eigenvalue weighted by Gasteiger charge is 2.28. The number of aryl methyl sites for hydroxylation is 2. The van der Waals surface area contributed by atoms with Gasteiger partial charge in [-0.05, 0) is 44.4 Å². The highest BCUT2D eigenvalue weighted by Crippen LogP contribution is 2.24. The van der Waals surface area contributed by atoms with Gasteiger partial charge >= 0.3 is 0 Å². The summed E-state index contributed by atoms with van der Waals surface area (Å²) >= 11 is 0. The van der Waals surface area contributed by atoms with Gasteiger partial charge in [-0.15, -0.1) is 0 Å². The van der Waals surface area contributed by atoms with Crippen molar-refractivity contribution in [2.45, 2.75) is 26.7 Å². The van der Waals surface area contributed by atoms with Crippen LogP contribution in [0.2, 0.25) is 0 Å². The largest absolute Gasteiger partial charge is 0.339 e. The summed E-state index contributed by atoms with van der Waals surface area (Å²) in [6, 6.07) is 9.43. The molecule has 0 bridgehead atoms. The first-order chi connectivity index (χ1) is 11.6. The van der Waals surface area contributed by atoms with Crippen LogP contribution in [0.3, 0.4) is 0 Å². The number of hydrogen-bond acceptors (Lipinski definition) is 3. The van der Waals surface area contributed by atoms with E-state index in [0.717, 1.165) is 24.0 Å². The van der Waals surface area contributed by atoms with Crippen molar-refractivity contribution in [3.63, 3.8) is 0 Å². The first-order valence-corrected chi connectivity index (χ1v) is 8.37. The van der Waals surface area contributed by atoms with Gasteiger partial charge in [-0.1, -0.05) is 23.8 Å². The molecular formula is C20H22N2O2. The van der Waals surface area contributed by atoms with E-state index in [0.29, 0.717) is 18.7 Å². The van der Waals surface area contributed by atoms with Crippen LogP contribution in [0.1, 0.15) is 44.7 Å². The number of likely N-dealkylation sites (tertiary alicyclic amines) is 1. The van der Waals surface area contributed by atoms with Crippen molar-refractivity contribution < 1.29 is 9.59 Å². The van der Waals surface area contributed by atoms with E-state index >= 15 is 0 Å². The Balaban J connectivity index is 1.64. The van der Waals surface area contributed by atoms with Gasteiger partial charge in [0.25, 0.3) is 5.91 Å². The lowest BCUT2D eigenvalue weighted by atomic mass is 9.87. The van der Waals surface area contributed by atoms with Crippen LogP contribution in [0.15, 0.2) is 42.7 Å². The Kier molecular flexibility index (Phi) is 4.74. The number of benzene rings is 1. The lowest BCUT2D eigenvalue weighted by Gasteiger charge is -2.31. The topological polar surface area (TPSA) is 50.3 Å². The van der Waals surface area contributed by atoms with Gasteiger partial charge in [-0.25, -0.2) is 0 Å². The van der Waals surface area contributed by atoms with Crippen molar-refractivity contribution >= 4 is 11.7 Å². The third kappa shape index (κ3) is 3.37. The highest BCUT2D eigenvalue weighted by atomic mass is 16.2. The molecule has 1 amide bonds. The zero-order chi connectivity index (χ0) is 17.1. The number of Topliss-reactive ketones (excluding diaryl/α,β-unsaturated/α-hetero) is 1. The number of nitrogens with zero attached hydrogens (tertiary/aromatic N) is 2. The Hall–Kier alpha value is -2.49. The van der Waals surface area contributed by atoms with E-state index in [9.17, 15) is 9.59 Å². The van der Waals surface area contributed by atoms with Crippen LogP contribution in [0.5, 0.6) is 0 Å². The van der Waals surface area contributed by atoms with Gasteiger partial charge in [0.1, 0.15) is 0 Å². The summed E-state index contributed by atoms with van der Waals surface area (Å²) in [6.45, 7) is 5.28. The SMILES string of the molecule is Cc1ccc(C(=O)C2CCN(C(=O)c3ccncc3)CC2)c(C)c1. The average Bonchev–Trinajstić information content (AvgIpc) is 2.61. The molecule has 0 N–H and O–H groups in total. The second kappa shape index (κ2) is 6.95. The van der Waals surface area contributed by atoms with Gasteiger partial charge in [0, 0.05) is 42.5 Å². The summed E-state index contributed by atoms with van der Waals surface area (Å²) in [5, 5.41) is 0. The fraction of sp³-hybridized carbons (Fsp3) is 0.350. The molecule has 2 aromatic rings. The number of ketones is 1. The Bertz CT molecular complexity index is 747. The van der Waals surface area contributed by atoms with Crippen molar-refractivity contribution in [1.29, 1.82) is 0 Å². The normalized spacial score (nSPS) is 15.3. The Morgan fingerprint density at radius 1 is 1.04 bits per heavy atom. The molecule has 0 radical (unpaired) electrons. The van der Waals surface area contributed by atoms with Crippen LogP contribution >= 0.6 is 0 Å². The highest BCUT2D eigenvalue weighted by molar-refractivity contribution is 5.99. The minimum Gasteiger partial charge on any atom is -0.339 e. The molecule has 3 rings (SSSR count). The molecular weight excluding hydrogens is 300 g/mol. The van der Waals surface area contributed by atoms with Gasteiger partial charge in [0.2, 0.25) is 0 Å². The number of rotatable bonds is 3. The van der Waals surface area contributed by atoms with Crippen LogP contribution in [0, 0.1) is 19.8 Å². The number of amides is 1. The molecule has 1 aliphatic rings. The van der Waals surface area contributed by atoms with Crippen molar-refractivity contribution in [3.05, 3.63) is 65.0 Å². The molecule has 0 aliphatic carbocycles. The number of aromatic nitrogens is 1. The monoisotopic (exact) mass is 322 g/mol. The molecule has 0 atom stereocenters. The minimum atomic E-state index is 0.00731. The Morgan fingerprint density at radius 3 is 2.33 bits per heavy atom. The fourth-order valence-corrected chi connectivity index (χ4v) is 3.33. The second-order valence-corrected chi connectivity index (χ2v) is 6.48. The molecule has 0 spiro atoms. The zero-order valence-electron chi connectivity index (χ0n) is 14.2. The van der Waals surface area contributed by atoms with Crippen molar-refractivity contribution in [1.82, 2.24) is 9.88 Å². The number of carbonyl (C=O) groups is 2. The number of carbonyl (C=O) groups excluding carboxylic acids is 2. The molecule has 0 unspecified atom stereocenters. The van der Waals surface area contributed by atoms with Crippen LogP contribution in [0.25, 0.3) is 0 Å². The lowest BCUT2D eigenvalue weighted by Crippen LogP contribution is -2.40. The molecule has 4 nitrogen and oxygen atoms in total. The second-order valence-electron chi connectivity index (χ2n) is 6.48. The van der Waals surface area contributed by atoms with Crippen LogP contribution < -0.4 is 0 Å². The summed E-state index contributed by atoms with van der Waals surface area (Å²) in [5.74, 6) is 0.242. The molecule has 1 saturated heterocycles. The van der Waals surface area contributed by atoms with E-state index in [4.69, 9.17) is 0 Å². The molecule has 1 aromatic heterocycles. The molecule has 124 valence electrons. The number of hydrogen-bond donors (Lipinski definition) is 0. The van der Waals surface area contributed by atoms with E-state index in [2.05, 4.69) is 11.1 Å². The predicted octanol–water partition coefficient (Wildman–Crippen LogP) is 3.43. The molecule has 2 heterocycles. The van der Waals surface area contributed by atoms with Crippen molar-refractivity contribution in [3.8, 4) is 0 Å². The summed E-state index contributed by atoms with van der Waals surface area (Å²) in [5.41, 5.74) is 3.68. The minimum absolute atomic E-state index is 0.00731. The van der Waals surface area contributed by atoms with Crippen LogP contribution in [-0.4, -0.2) is 34.7 Å². The molecule has 0 saturated carbocycles. The van der Waals surface area contributed by atoms with Gasteiger partial charge in [0.15, 0.2) is 5.78 Å². The van der Waals surface area contributed by atoms with Gasteiger partial charge in [-0.3, -0.25) is 14.6 Å². The first-order valence-electron chi connectivity index (χ1n) is 8.37. The van der Waals surface area contributed by atoms with E-state index in [1.54, 1.807) is 24.5 Å². The molecule has 24 heavy (non-hydrogen) atoms. The van der Waals surface area contributed by atoms with Gasteiger partial charge < -0.3 is 4.90 Å². The molecule has 1 aliphatic heterocycles. The fourth-order valence-electron chi connectivity index (χ4n) is 3.33. The summed E-state index contributed by atoms with van der Waals surface area (Å²) in [7, 11) is 0. The average molecular weight is 322 g/mol. The van der Waals surface area contributed by atoms with Crippen LogP contribution in [0.4, 0.5) is 0 Å². The lowest BCUT2D eigenvalue weighted by molar-refractivity contribution is 0.0650. The van der Waals surface area contributed by atoms with E-state index < -0.39 is 0 Å². The Morgan fingerprint density at radius 2 is 1.71 bits per heavy atom. The van der Waals surface area contributed by atoms with Gasteiger partial charge in [0.05, 0.1) is 0 Å². The quantitative estimate of drug-likeness (QED) is 0.814. The molecule has 4 heteroatoms. The Labute approximate surface area is 142 Å². The first kappa shape index (κ1) is 16.4. The number of piperidine rings is 1. The van der Waals surface area contributed by atoms with Crippen LogP contribution in [-0.2, 0) is 0 Å². The standard InChI is InChI=1S/C20H22N2O2/c1-14-3-4-18(15(2)13-14)19(23)16-7-11-22(12-8-16)20(24)17-5-9-21-10-6-17/h3-6,9-10,13,16H,7-8,11-12H2,1-2H3.